The topological polar surface area (TPSA) is 123 Å². The van der Waals surface area contributed by atoms with Gasteiger partial charge in [-0.05, 0) is 23.6 Å². The van der Waals surface area contributed by atoms with Crippen molar-refractivity contribution in [3.63, 3.8) is 0 Å². The van der Waals surface area contributed by atoms with Crippen LogP contribution in [0.2, 0.25) is 0 Å². The van der Waals surface area contributed by atoms with Gasteiger partial charge in [-0.2, -0.15) is 0 Å². The van der Waals surface area contributed by atoms with E-state index in [9.17, 15) is 19.2 Å². The van der Waals surface area contributed by atoms with E-state index in [2.05, 4.69) is 15.0 Å². The van der Waals surface area contributed by atoms with Crippen molar-refractivity contribution in [2.75, 3.05) is 12.4 Å². The van der Waals surface area contributed by atoms with Gasteiger partial charge < -0.3 is 19.5 Å². The molecule has 26 heavy (non-hydrogen) atoms. The number of methoxy groups -OCH3 is 1. The van der Waals surface area contributed by atoms with Crippen LogP contribution >= 0.6 is 11.3 Å². The summed E-state index contributed by atoms with van der Waals surface area (Å²) in [5, 5.41) is 4.33. The number of anilines is 1. The first-order valence-corrected chi connectivity index (χ1v) is 8.21. The van der Waals surface area contributed by atoms with E-state index < -0.39 is 23.1 Å². The summed E-state index contributed by atoms with van der Waals surface area (Å²) in [5.41, 5.74) is -1.56. The number of carbonyl (C=O) groups excluding carboxylic acids is 2. The number of rotatable bonds is 5. The van der Waals surface area contributed by atoms with Gasteiger partial charge in [-0.3, -0.25) is 14.2 Å². The summed E-state index contributed by atoms with van der Waals surface area (Å²) < 4.78 is 10.6. The second kappa shape index (κ2) is 7.23. The minimum Gasteiger partial charge on any atom is -0.467 e. The zero-order valence-corrected chi connectivity index (χ0v) is 14.3. The van der Waals surface area contributed by atoms with Gasteiger partial charge in [0.1, 0.15) is 16.3 Å². The third-order valence-electron chi connectivity index (χ3n) is 3.50. The van der Waals surface area contributed by atoms with Crippen LogP contribution in [0.4, 0.5) is 5.00 Å². The smallest absolute Gasteiger partial charge is 0.340 e. The van der Waals surface area contributed by atoms with E-state index in [0.29, 0.717) is 5.76 Å². The highest BCUT2D eigenvalue weighted by molar-refractivity contribution is 7.14. The second-order valence-electron chi connectivity index (χ2n) is 5.09. The van der Waals surface area contributed by atoms with Crippen molar-refractivity contribution in [2.24, 2.45) is 0 Å². The molecule has 0 aliphatic heterocycles. The second-order valence-corrected chi connectivity index (χ2v) is 6.00. The molecule has 10 heteroatoms. The number of nitrogens with one attached hydrogen (secondary N) is 2. The van der Waals surface area contributed by atoms with Gasteiger partial charge in [-0.1, -0.05) is 0 Å². The number of nitrogens with zero attached hydrogens (tertiary/aromatic N) is 1. The lowest BCUT2D eigenvalue weighted by Gasteiger charge is -2.07. The Labute approximate surface area is 149 Å². The number of aromatic nitrogens is 2. The molecule has 0 saturated carbocycles. The fourth-order valence-corrected chi connectivity index (χ4v) is 2.99. The lowest BCUT2D eigenvalue weighted by Crippen LogP contribution is -2.39. The van der Waals surface area contributed by atoms with Crippen LogP contribution in [-0.4, -0.2) is 28.5 Å². The predicted molar refractivity (Wildman–Crippen MR) is 92.7 cm³/mol. The summed E-state index contributed by atoms with van der Waals surface area (Å²) in [4.78, 5) is 50.9. The third kappa shape index (κ3) is 3.35. The van der Waals surface area contributed by atoms with Crippen LogP contribution in [-0.2, 0) is 11.3 Å². The number of hydrogen-bond donors (Lipinski definition) is 2. The average Bonchev–Trinajstić information content (AvgIpc) is 3.29. The van der Waals surface area contributed by atoms with E-state index >= 15 is 0 Å². The zero-order valence-electron chi connectivity index (χ0n) is 13.5. The molecule has 0 aliphatic rings. The van der Waals surface area contributed by atoms with E-state index in [1.807, 2.05) is 0 Å². The van der Waals surface area contributed by atoms with Crippen molar-refractivity contribution in [3.05, 3.63) is 73.8 Å². The molecule has 3 aromatic rings. The molecule has 2 N–H and O–H groups in total. The van der Waals surface area contributed by atoms with Gasteiger partial charge in [0.15, 0.2) is 0 Å². The molecule has 3 aromatic heterocycles. The maximum atomic E-state index is 12.5. The highest BCUT2D eigenvalue weighted by atomic mass is 32.1. The number of esters is 1. The number of hydrogen-bond acceptors (Lipinski definition) is 7. The van der Waals surface area contributed by atoms with Crippen molar-refractivity contribution in [2.45, 2.75) is 6.54 Å². The molecule has 9 nitrogen and oxygen atoms in total. The third-order valence-corrected chi connectivity index (χ3v) is 4.33. The highest BCUT2D eigenvalue weighted by Gasteiger charge is 2.19. The van der Waals surface area contributed by atoms with Gasteiger partial charge in [0.05, 0.1) is 25.5 Å². The Hall–Kier alpha value is -3.40. The fourth-order valence-electron chi connectivity index (χ4n) is 2.22. The number of furan rings is 1. The van der Waals surface area contributed by atoms with E-state index in [1.54, 1.807) is 17.5 Å². The van der Waals surface area contributed by atoms with Crippen LogP contribution in [0.25, 0.3) is 0 Å². The highest BCUT2D eigenvalue weighted by Crippen LogP contribution is 2.24. The minimum atomic E-state index is -0.779. The molecule has 3 rings (SSSR count). The number of amides is 1. The maximum absolute atomic E-state index is 12.5. The summed E-state index contributed by atoms with van der Waals surface area (Å²) in [6.07, 6.45) is 2.44. The first kappa shape index (κ1) is 17.4. The Kier molecular flexibility index (Phi) is 4.85. The molecule has 0 bridgehead atoms. The van der Waals surface area contributed by atoms with Crippen LogP contribution in [0, 0.1) is 0 Å². The van der Waals surface area contributed by atoms with E-state index in [4.69, 9.17) is 4.42 Å². The van der Waals surface area contributed by atoms with E-state index in [-0.39, 0.29) is 22.7 Å². The molecule has 1 amide bonds. The largest absolute Gasteiger partial charge is 0.467 e. The summed E-state index contributed by atoms with van der Waals surface area (Å²) in [6, 6.07) is 4.72. The Morgan fingerprint density at radius 1 is 1.31 bits per heavy atom. The maximum Gasteiger partial charge on any atom is 0.340 e. The molecule has 0 atom stereocenters. The quantitative estimate of drug-likeness (QED) is 0.648. The summed E-state index contributed by atoms with van der Waals surface area (Å²) in [6.45, 7) is -0.116. The Morgan fingerprint density at radius 3 is 2.81 bits per heavy atom. The molecule has 134 valence electrons. The lowest BCUT2D eigenvalue weighted by molar-refractivity contribution is 0.0602. The standard InChI is InChI=1S/C16H13N3O6S/c1-24-15(22)10-4-6-26-13(10)18-12(20)11-7-17-16(23)19(14(11)21)8-9-3-2-5-25-9/h2-7H,8H2,1H3,(H,17,23)(H,18,20). The molecule has 3 heterocycles. The Morgan fingerprint density at radius 2 is 2.12 bits per heavy atom. The monoisotopic (exact) mass is 375 g/mol. The number of ether oxygens (including phenoxy) is 1. The van der Waals surface area contributed by atoms with Crippen molar-refractivity contribution >= 4 is 28.2 Å². The Bertz CT molecular complexity index is 1060. The summed E-state index contributed by atoms with van der Waals surface area (Å²) in [5.74, 6) is -0.980. The van der Waals surface area contributed by atoms with Crippen molar-refractivity contribution < 1.29 is 18.7 Å². The van der Waals surface area contributed by atoms with Crippen LogP contribution in [0.1, 0.15) is 26.5 Å². The molecular formula is C16H13N3O6S. The molecule has 0 fully saturated rings. The van der Waals surface area contributed by atoms with Gasteiger partial charge in [0.2, 0.25) is 0 Å². The number of carbonyl (C=O) groups is 2. The molecular weight excluding hydrogens is 362 g/mol. The van der Waals surface area contributed by atoms with Gasteiger partial charge in [-0.15, -0.1) is 11.3 Å². The number of thiophene rings is 1. The minimum absolute atomic E-state index is 0.116. The van der Waals surface area contributed by atoms with Crippen molar-refractivity contribution in [1.82, 2.24) is 9.55 Å². The number of aromatic amines is 1. The van der Waals surface area contributed by atoms with Crippen molar-refractivity contribution in [3.8, 4) is 0 Å². The molecule has 0 saturated heterocycles. The fraction of sp³-hybridized carbons (Fsp3) is 0.125. The zero-order chi connectivity index (χ0) is 18.7. The van der Waals surface area contributed by atoms with Crippen LogP contribution < -0.4 is 16.6 Å². The first-order valence-electron chi connectivity index (χ1n) is 7.33. The van der Waals surface area contributed by atoms with Gasteiger partial charge in [-0.25, -0.2) is 9.59 Å². The lowest BCUT2D eigenvalue weighted by atomic mass is 10.3. The summed E-state index contributed by atoms with van der Waals surface area (Å²) in [7, 11) is 1.22. The Balaban J connectivity index is 1.91. The first-order chi connectivity index (χ1) is 12.5. The molecule has 0 spiro atoms. The van der Waals surface area contributed by atoms with Crippen molar-refractivity contribution in [1.29, 1.82) is 0 Å². The van der Waals surface area contributed by atoms with E-state index in [1.165, 1.54) is 19.4 Å². The average molecular weight is 375 g/mol. The molecule has 0 radical (unpaired) electrons. The SMILES string of the molecule is COC(=O)c1ccsc1NC(=O)c1c[nH]c(=O)n(Cc2ccco2)c1=O. The number of H-pyrrole nitrogens is 1. The summed E-state index contributed by atoms with van der Waals surface area (Å²) >= 11 is 1.10. The van der Waals surface area contributed by atoms with Crippen LogP contribution in [0.5, 0.6) is 0 Å². The van der Waals surface area contributed by atoms with Crippen LogP contribution in [0.3, 0.4) is 0 Å². The van der Waals surface area contributed by atoms with Gasteiger partial charge >= 0.3 is 11.7 Å². The molecule has 0 unspecified atom stereocenters. The van der Waals surface area contributed by atoms with Gasteiger partial charge in [0, 0.05) is 6.20 Å². The van der Waals surface area contributed by atoms with Crippen LogP contribution in [0.15, 0.2) is 50.0 Å². The molecule has 0 aliphatic carbocycles. The normalized spacial score (nSPS) is 10.5. The predicted octanol–water partition coefficient (Wildman–Crippen LogP) is 1.28. The van der Waals surface area contributed by atoms with Gasteiger partial charge in [0.25, 0.3) is 11.5 Å². The molecule has 0 aromatic carbocycles. The van der Waals surface area contributed by atoms with E-state index in [0.717, 1.165) is 22.1 Å².